The lowest BCUT2D eigenvalue weighted by Crippen LogP contribution is -2.22. The number of hydrogen-bond acceptors (Lipinski definition) is 3. The molecule has 1 aliphatic rings. The van der Waals surface area contributed by atoms with E-state index in [-0.39, 0.29) is 11.4 Å². The van der Waals surface area contributed by atoms with Gasteiger partial charge in [0.2, 0.25) is 0 Å². The Bertz CT molecular complexity index is 1300. The van der Waals surface area contributed by atoms with Crippen LogP contribution in [0.4, 0.5) is 10.1 Å². The summed E-state index contributed by atoms with van der Waals surface area (Å²) in [7, 11) is 3.64. The highest BCUT2D eigenvalue weighted by molar-refractivity contribution is 6.50. The predicted molar refractivity (Wildman–Crippen MR) is 110 cm³/mol. The first-order valence-corrected chi connectivity index (χ1v) is 9.05. The summed E-state index contributed by atoms with van der Waals surface area (Å²) in [5.41, 5.74) is 9.86. The highest BCUT2D eigenvalue weighted by Crippen LogP contribution is 2.39. The number of hydrogen-bond donors (Lipinski definition) is 2. The van der Waals surface area contributed by atoms with Gasteiger partial charge < -0.3 is 14.9 Å². The number of nitrogens with two attached hydrogens (primary N) is 1. The van der Waals surface area contributed by atoms with Crippen molar-refractivity contribution in [3.05, 3.63) is 65.7 Å². The van der Waals surface area contributed by atoms with Gasteiger partial charge in [0.05, 0.1) is 22.2 Å². The summed E-state index contributed by atoms with van der Waals surface area (Å²) in [4.78, 5) is 25.6. The van der Waals surface area contributed by atoms with E-state index in [1.165, 1.54) is 12.1 Å². The van der Waals surface area contributed by atoms with Crippen LogP contribution in [0.25, 0.3) is 33.0 Å². The van der Waals surface area contributed by atoms with Crippen molar-refractivity contribution in [2.75, 3.05) is 5.73 Å². The van der Waals surface area contributed by atoms with Crippen molar-refractivity contribution in [1.82, 2.24) is 14.5 Å². The van der Waals surface area contributed by atoms with Crippen molar-refractivity contribution in [3.8, 4) is 0 Å². The molecule has 0 atom stereocenters. The molecular formula is C22H17FN4O2. The molecule has 5 rings (SSSR count). The third-order valence-electron chi connectivity index (χ3n) is 5.44. The first kappa shape index (κ1) is 17.2. The van der Waals surface area contributed by atoms with Crippen molar-refractivity contribution in [2.24, 2.45) is 14.1 Å². The van der Waals surface area contributed by atoms with Gasteiger partial charge in [-0.3, -0.25) is 14.9 Å². The molecule has 6 nitrogen and oxygen atoms in total. The van der Waals surface area contributed by atoms with Crippen molar-refractivity contribution in [1.29, 1.82) is 0 Å². The van der Waals surface area contributed by atoms with E-state index in [2.05, 4.69) is 5.32 Å². The van der Waals surface area contributed by atoms with Crippen LogP contribution in [0.5, 0.6) is 0 Å². The van der Waals surface area contributed by atoms with Gasteiger partial charge in [-0.2, -0.15) is 0 Å². The highest BCUT2D eigenvalue weighted by atomic mass is 19.1. The zero-order valence-corrected chi connectivity index (χ0v) is 15.8. The molecule has 0 unspecified atom stereocenters. The van der Waals surface area contributed by atoms with Crippen molar-refractivity contribution in [2.45, 2.75) is 0 Å². The number of carbonyl (C=O) groups excluding carboxylic acids is 2. The molecule has 29 heavy (non-hydrogen) atoms. The lowest BCUT2D eigenvalue weighted by Gasteiger charge is -2.03. The molecule has 3 N–H and O–H groups in total. The summed E-state index contributed by atoms with van der Waals surface area (Å²) < 4.78 is 17.3. The number of benzene rings is 2. The summed E-state index contributed by atoms with van der Waals surface area (Å²) in [6.07, 6.45) is 3.57. The van der Waals surface area contributed by atoms with Crippen LogP contribution in [-0.2, 0) is 23.7 Å². The number of aromatic nitrogens is 2. The van der Waals surface area contributed by atoms with Gasteiger partial charge in [0.1, 0.15) is 5.82 Å². The van der Waals surface area contributed by atoms with E-state index >= 15 is 0 Å². The lowest BCUT2D eigenvalue weighted by molar-refractivity contribution is -0.122. The normalized spacial score (nSPS) is 14.4. The number of carbonyl (C=O) groups is 2. The van der Waals surface area contributed by atoms with Gasteiger partial charge in [-0.25, -0.2) is 4.39 Å². The number of imide groups is 1. The fraction of sp³-hybridized carbons (Fsp3) is 0.0909. The molecule has 144 valence electrons. The Balaban J connectivity index is 1.86. The minimum Gasteiger partial charge on any atom is -0.399 e. The number of rotatable bonds is 2. The molecule has 0 bridgehead atoms. The molecule has 0 aliphatic carbocycles. The van der Waals surface area contributed by atoms with Crippen LogP contribution in [0.3, 0.4) is 0 Å². The maximum absolute atomic E-state index is 13.7. The van der Waals surface area contributed by atoms with Crippen molar-refractivity contribution >= 4 is 50.5 Å². The lowest BCUT2D eigenvalue weighted by atomic mass is 9.95. The molecule has 7 heteroatoms. The summed E-state index contributed by atoms with van der Waals surface area (Å²) in [5.74, 6) is -1.28. The number of nitrogens with one attached hydrogen (secondary N) is 1. The Morgan fingerprint density at radius 1 is 0.828 bits per heavy atom. The first-order chi connectivity index (χ1) is 13.8. The van der Waals surface area contributed by atoms with Gasteiger partial charge in [-0.15, -0.1) is 0 Å². The standard InChI is InChI=1S/C22H17FN4O2/c1-26-9-15(13-5-3-11(23)7-17(13)26)19-20(22(29)25-21(19)28)16-10-27(2)18-8-12(24)4-6-14(16)18/h3-10H,24H2,1-2H3,(H,25,28,29). The van der Waals surface area contributed by atoms with Gasteiger partial charge >= 0.3 is 0 Å². The van der Waals surface area contributed by atoms with Crippen molar-refractivity contribution < 1.29 is 14.0 Å². The van der Waals surface area contributed by atoms with Gasteiger partial charge in [0, 0.05) is 54.1 Å². The predicted octanol–water partition coefficient (Wildman–Crippen LogP) is 2.96. The second kappa shape index (κ2) is 5.81. The smallest absolute Gasteiger partial charge is 0.259 e. The number of fused-ring (bicyclic) bond motifs is 2. The molecule has 0 saturated carbocycles. The maximum atomic E-state index is 13.7. The molecule has 0 spiro atoms. The average molecular weight is 388 g/mol. The molecule has 2 aromatic heterocycles. The van der Waals surface area contributed by atoms with Gasteiger partial charge in [0.25, 0.3) is 11.8 Å². The Kier molecular flexibility index (Phi) is 3.46. The molecule has 0 radical (unpaired) electrons. The van der Waals surface area contributed by atoms with Crippen LogP contribution in [0.15, 0.2) is 48.8 Å². The Morgan fingerprint density at radius 2 is 1.34 bits per heavy atom. The fourth-order valence-corrected chi connectivity index (χ4v) is 4.13. The van der Waals surface area contributed by atoms with E-state index in [1.807, 2.05) is 29.9 Å². The van der Waals surface area contributed by atoms with E-state index in [0.717, 1.165) is 10.9 Å². The van der Waals surface area contributed by atoms with E-state index in [1.54, 1.807) is 29.9 Å². The van der Waals surface area contributed by atoms with Crippen LogP contribution >= 0.6 is 0 Å². The molecule has 2 aromatic carbocycles. The molecular weight excluding hydrogens is 371 g/mol. The maximum Gasteiger partial charge on any atom is 0.259 e. The van der Waals surface area contributed by atoms with E-state index in [9.17, 15) is 14.0 Å². The number of aryl methyl sites for hydroxylation is 2. The molecule has 0 fully saturated rings. The number of nitrogens with zero attached hydrogens (tertiary/aromatic N) is 2. The van der Waals surface area contributed by atoms with Crippen LogP contribution in [-0.4, -0.2) is 20.9 Å². The van der Waals surface area contributed by atoms with Crippen LogP contribution in [0, 0.1) is 5.82 Å². The molecule has 0 saturated heterocycles. The van der Waals surface area contributed by atoms with Crippen LogP contribution in [0.1, 0.15) is 11.1 Å². The number of halogens is 1. The SMILES string of the molecule is Cn1cc(C2=C(c3cn(C)c4cc(F)ccc34)C(=O)NC2=O)c2ccc(N)cc21. The van der Waals surface area contributed by atoms with E-state index < -0.39 is 11.8 Å². The summed E-state index contributed by atoms with van der Waals surface area (Å²) in [6, 6.07) is 9.83. The average Bonchev–Trinajstić information content (AvgIpc) is 3.26. The fourth-order valence-electron chi connectivity index (χ4n) is 4.13. The minimum absolute atomic E-state index is 0.288. The zero-order valence-electron chi connectivity index (χ0n) is 15.8. The Morgan fingerprint density at radius 3 is 1.93 bits per heavy atom. The summed E-state index contributed by atoms with van der Waals surface area (Å²) >= 11 is 0. The van der Waals surface area contributed by atoms with Crippen LogP contribution < -0.4 is 11.1 Å². The summed E-state index contributed by atoms with van der Waals surface area (Å²) in [6.45, 7) is 0. The highest BCUT2D eigenvalue weighted by Gasteiger charge is 2.35. The quantitative estimate of drug-likeness (QED) is 0.409. The number of amides is 2. The molecule has 2 amide bonds. The first-order valence-electron chi connectivity index (χ1n) is 9.05. The third kappa shape index (κ3) is 2.40. The molecule has 3 heterocycles. The zero-order chi connectivity index (χ0) is 20.4. The second-order valence-corrected chi connectivity index (χ2v) is 7.28. The molecule has 4 aromatic rings. The Labute approximate surface area is 165 Å². The monoisotopic (exact) mass is 388 g/mol. The largest absolute Gasteiger partial charge is 0.399 e. The third-order valence-corrected chi connectivity index (χ3v) is 5.44. The van der Waals surface area contributed by atoms with E-state index in [4.69, 9.17) is 5.73 Å². The second-order valence-electron chi connectivity index (χ2n) is 7.28. The Hall–Kier alpha value is -3.87. The number of anilines is 1. The number of nitrogen functional groups attached to an aromatic ring is 1. The molecule has 1 aliphatic heterocycles. The summed E-state index contributed by atoms with van der Waals surface area (Å²) in [5, 5.41) is 3.94. The van der Waals surface area contributed by atoms with Gasteiger partial charge in [0.15, 0.2) is 0 Å². The van der Waals surface area contributed by atoms with Crippen molar-refractivity contribution in [3.63, 3.8) is 0 Å². The topological polar surface area (TPSA) is 82.0 Å². The van der Waals surface area contributed by atoms with Crippen LogP contribution in [0.2, 0.25) is 0 Å². The van der Waals surface area contributed by atoms with E-state index in [0.29, 0.717) is 33.3 Å². The van der Waals surface area contributed by atoms with Gasteiger partial charge in [-0.05, 0) is 30.3 Å². The minimum atomic E-state index is -0.464. The van der Waals surface area contributed by atoms with Gasteiger partial charge in [-0.1, -0.05) is 6.07 Å².